The standard InChI is InChI=1S/C11H14N2O/c1-4-11(2,3)14-10-6-5-9(7-12)8-13-10/h5-6,8H,4H2,1-3H3. The van der Waals surface area contributed by atoms with Crippen molar-refractivity contribution in [3.63, 3.8) is 0 Å². The third kappa shape index (κ3) is 2.74. The molecular formula is C11H14N2O. The Morgan fingerprint density at radius 1 is 1.50 bits per heavy atom. The van der Waals surface area contributed by atoms with Gasteiger partial charge in [0.25, 0.3) is 0 Å². The monoisotopic (exact) mass is 190 g/mol. The fourth-order valence-electron chi connectivity index (χ4n) is 0.862. The molecule has 1 aromatic heterocycles. The predicted octanol–water partition coefficient (Wildman–Crippen LogP) is 2.52. The lowest BCUT2D eigenvalue weighted by Gasteiger charge is -2.23. The third-order valence-corrected chi connectivity index (χ3v) is 2.10. The van der Waals surface area contributed by atoms with E-state index in [-0.39, 0.29) is 5.60 Å². The van der Waals surface area contributed by atoms with Gasteiger partial charge in [-0.15, -0.1) is 0 Å². The minimum Gasteiger partial charge on any atom is -0.472 e. The van der Waals surface area contributed by atoms with E-state index in [1.165, 1.54) is 6.20 Å². The maximum Gasteiger partial charge on any atom is 0.213 e. The molecule has 0 saturated heterocycles. The highest BCUT2D eigenvalue weighted by molar-refractivity contribution is 5.28. The Morgan fingerprint density at radius 2 is 2.21 bits per heavy atom. The molecule has 1 rings (SSSR count). The van der Waals surface area contributed by atoms with Crippen molar-refractivity contribution in [1.82, 2.24) is 4.98 Å². The summed E-state index contributed by atoms with van der Waals surface area (Å²) in [5.74, 6) is 0.566. The summed E-state index contributed by atoms with van der Waals surface area (Å²) in [5, 5.41) is 8.58. The number of nitriles is 1. The molecule has 0 bridgehead atoms. The SMILES string of the molecule is CCC(C)(C)Oc1ccc(C#N)cn1. The average molecular weight is 190 g/mol. The summed E-state index contributed by atoms with van der Waals surface area (Å²) < 4.78 is 5.63. The third-order valence-electron chi connectivity index (χ3n) is 2.10. The molecule has 3 nitrogen and oxygen atoms in total. The summed E-state index contributed by atoms with van der Waals surface area (Å²) in [6, 6.07) is 5.43. The zero-order valence-corrected chi connectivity index (χ0v) is 8.74. The summed E-state index contributed by atoms with van der Waals surface area (Å²) in [5.41, 5.74) is 0.341. The van der Waals surface area contributed by atoms with E-state index in [0.717, 1.165) is 6.42 Å². The van der Waals surface area contributed by atoms with Gasteiger partial charge >= 0.3 is 0 Å². The van der Waals surface area contributed by atoms with Gasteiger partial charge in [-0.3, -0.25) is 0 Å². The fourth-order valence-corrected chi connectivity index (χ4v) is 0.862. The van der Waals surface area contributed by atoms with Crippen LogP contribution in [-0.4, -0.2) is 10.6 Å². The lowest BCUT2D eigenvalue weighted by atomic mass is 10.1. The Morgan fingerprint density at radius 3 is 2.64 bits per heavy atom. The zero-order valence-electron chi connectivity index (χ0n) is 8.74. The second-order valence-electron chi connectivity index (χ2n) is 3.71. The van der Waals surface area contributed by atoms with E-state index in [1.807, 2.05) is 19.9 Å². The van der Waals surface area contributed by atoms with E-state index >= 15 is 0 Å². The van der Waals surface area contributed by atoms with Gasteiger partial charge in [-0.2, -0.15) is 5.26 Å². The first kappa shape index (κ1) is 10.5. The first-order chi connectivity index (χ1) is 6.57. The Bertz CT molecular complexity index is 335. The first-order valence-corrected chi connectivity index (χ1v) is 4.62. The summed E-state index contributed by atoms with van der Waals surface area (Å²) in [7, 11) is 0. The molecule has 0 aliphatic heterocycles. The molecule has 0 N–H and O–H groups in total. The molecule has 1 aromatic rings. The van der Waals surface area contributed by atoms with Crippen molar-refractivity contribution in [2.75, 3.05) is 0 Å². The predicted molar refractivity (Wildman–Crippen MR) is 54.0 cm³/mol. The van der Waals surface area contributed by atoms with Crippen LogP contribution in [0.1, 0.15) is 32.8 Å². The highest BCUT2D eigenvalue weighted by Crippen LogP contribution is 2.18. The second kappa shape index (κ2) is 4.10. The lowest BCUT2D eigenvalue weighted by Crippen LogP contribution is -2.27. The van der Waals surface area contributed by atoms with E-state index in [1.54, 1.807) is 12.1 Å². The summed E-state index contributed by atoms with van der Waals surface area (Å²) in [6.45, 7) is 6.07. The Balaban J connectivity index is 2.75. The maximum absolute atomic E-state index is 8.58. The number of hydrogen-bond donors (Lipinski definition) is 0. The summed E-state index contributed by atoms with van der Waals surface area (Å²) >= 11 is 0. The molecule has 0 fully saturated rings. The minimum absolute atomic E-state index is 0.207. The summed E-state index contributed by atoms with van der Waals surface area (Å²) in [4.78, 5) is 4.04. The van der Waals surface area contributed by atoms with Crippen LogP contribution >= 0.6 is 0 Å². The largest absolute Gasteiger partial charge is 0.472 e. The van der Waals surface area contributed by atoms with Gasteiger partial charge in [0.2, 0.25) is 5.88 Å². The molecule has 0 radical (unpaired) electrons. The van der Waals surface area contributed by atoms with Gasteiger partial charge in [0.05, 0.1) is 5.56 Å². The minimum atomic E-state index is -0.207. The zero-order chi connectivity index (χ0) is 10.6. The molecule has 0 spiro atoms. The van der Waals surface area contributed by atoms with E-state index in [9.17, 15) is 0 Å². The smallest absolute Gasteiger partial charge is 0.213 e. The van der Waals surface area contributed by atoms with Gasteiger partial charge in [-0.1, -0.05) is 6.92 Å². The molecule has 0 aliphatic rings. The average Bonchev–Trinajstić information content (AvgIpc) is 2.19. The molecule has 0 unspecified atom stereocenters. The topological polar surface area (TPSA) is 45.9 Å². The van der Waals surface area contributed by atoms with Gasteiger partial charge in [0.1, 0.15) is 11.7 Å². The van der Waals surface area contributed by atoms with Crippen LogP contribution in [0.15, 0.2) is 18.3 Å². The van der Waals surface area contributed by atoms with Crippen molar-refractivity contribution in [3.8, 4) is 11.9 Å². The lowest BCUT2D eigenvalue weighted by molar-refractivity contribution is 0.0990. The van der Waals surface area contributed by atoms with E-state index in [4.69, 9.17) is 10.00 Å². The van der Waals surface area contributed by atoms with Crippen molar-refractivity contribution >= 4 is 0 Å². The van der Waals surface area contributed by atoms with Crippen LogP contribution in [0.2, 0.25) is 0 Å². The van der Waals surface area contributed by atoms with E-state index < -0.39 is 0 Å². The van der Waals surface area contributed by atoms with Gasteiger partial charge < -0.3 is 4.74 Å². The molecule has 0 amide bonds. The Kier molecular flexibility index (Phi) is 3.08. The second-order valence-corrected chi connectivity index (χ2v) is 3.71. The Labute approximate surface area is 84.3 Å². The number of pyridine rings is 1. The van der Waals surface area contributed by atoms with Gasteiger partial charge in [-0.25, -0.2) is 4.98 Å². The molecule has 0 aromatic carbocycles. The molecule has 74 valence electrons. The van der Waals surface area contributed by atoms with Crippen molar-refractivity contribution in [3.05, 3.63) is 23.9 Å². The molecule has 0 saturated carbocycles. The fraction of sp³-hybridized carbons (Fsp3) is 0.455. The molecule has 14 heavy (non-hydrogen) atoms. The van der Waals surface area contributed by atoms with Gasteiger partial charge in [0, 0.05) is 12.3 Å². The van der Waals surface area contributed by atoms with Crippen LogP contribution in [0.25, 0.3) is 0 Å². The highest BCUT2D eigenvalue weighted by atomic mass is 16.5. The van der Waals surface area contributed by atoms with E-state index in [2.05, 4.69) is 11.9 Å². The number of nitrogens with zero attached hydrogens (tertiary/aromatic N) is 2. The summed E-state index contributed by atoms with van der Waals surface area (Å²) in [6.07, 6.45) is 2.43. The molecule has 0 aliphatic carbocycles. The van der Waals surface area contributed by atoms with Crippen LogP contribution in [0.4, 0.5) is 0 Å². The van der Waals surface area contributed by atoms with Crippen molar-refractivity contribution < 1.29 is 4.74 Å². The van der Waals surface area contributed by atoms with Crippen molar-refractivity contribution in [1.29, 1.82) is 5.26 Å². The number of hydrogen-bond acceptors (Lipinski definition) is 3. The number of ether oxygens (including phenoxy) is 1. The molecule has 3 heteroatoms. The number of rotatable bonds is 3. The van der Waals surface area contributed by atoms with Crippen LogP contribution in [-0.2, 0) is 0 Å². The molecule has 0 atom stereocenters. The molecular weight excluding hydrogens is 176 g/mol. The van der Waals surface area contributed by atoms with Crippen molar-refractivity contribution in [2.24, 2.45) is 0 Å². The normalized spacial score (nSPS) is 10.7. The first-order valence-electron chi connectivity index (χ1n) is 4.62. The quantitative estimate of drug-likeness (QED) is 0.735. The van der Waals surface area contributed by atoms with E-state index in [0.29, 0.717) is 11.4 Å². The number of aromatic nitrogens is 1. The van der Waals surface area contributed by atoms with Crippen LogP contribution in [0.5, 0.6) is 5.88 Å². The van der Waals surface area contributed by atoms with Gasteiger partial charge in [-0.05, 0) is 26.3 Å². The van der Waals surface area contributed by atoms with Crippen LogP contribution in [0, 0.1) is 11.3 Å². The van der Waals surface area contributed by atoms with Gasteiger partial charge in [0.15, 0.2) is 0 Å². The van der Waals surface area contributed by atoms with Crippen LogP contribution in [0.3, 0.4) is 0 Å². The van der Waals surface area contributed by atoms with Crippen molar-refractivity contribution in [2.45, 2.75) is 32.8 Å². The highest BCUT2D eigenvalue weighted by Gasteiger charge is 2.17. The Hall–Kier alpha value is -1.56. The maximum atomic E-state index is 8.58. The molecule has 1 heterocycles. The van der Waals surface area contributed by atoms with Crippen LogP contribution < -0.4 is 4.74 Å².